The van der Waals surface area contributed by atoms with Crippen molar-refractivity contribution in [1.29, 1.82) is 0 Å². The summed E-state index contributed by atoms with van der Waals surface area (Å²) in [5, 5.41) is 1.12. The first kappa shape index (κ1) is 10.4. The smallest absolute Gasteiger partial charge is 0.0493 e. The van der Waals surface area contributed by atoms with Crippen LogP contribution in [0.3, 0.4) is 0 Å². The molecule has 0 aliphatic rings. The average molecular weight is 200 g/mol. The number of hydrogen-bond donors (Lipinski definition) is 1. The van der Waals surface area contributed by atoms with Crippen molar-refractivity contribution in [3.63, 3.8) is 0 Å². The van der Waals surface area contributed by atoms with Crippen LogP contribution in [0.2, 0.25) is 0 Å². The van der Waals surface area contributed by atoms with Crippen LogP contribution in [-0.2, 0) is 0 Å². The van der Waals surface area contributed by atoms with Crippen LogP contribution in [0.4, 0.5) is 0 Å². The number of thioether (sulfide) groups is 2. The molecule has 0 saturated carbocycles. The molecule has 0 spiro atoms. The summed E-state index contributed by atoms with van der Waals surface area (Å²) >= 11 is 7.92. The second kappa shape index (κ2) is 9.40. The third kappa shape index (κ3) is 9.40. The summed E-state index contributed by atoms with van der Waals surface area (Å²) in [6, 6.07) is 0. The summed E-state index contributed by atoms with van der Waals surface area (Å²) in [4.78, 5) is 0. The number of thiol groups is 1. The first-order valence-corrected chi connectivity index (χ1v) is 7.33. The Hall–Kier alpha value is 1.40. The molecule has 0 nitrogen and oxygen atoms in total. The van der Waals surface area contributed by atoms with Gasteiger partial charge in [0.25, 0.3) is 0 Å². The Morgan fingerprint density at radius 2 is 2.11 bits per heavy atom. The van der Waals surface area contributed by atoms with Gasteiger partial charge in [-0.2, -0.15) is 23.5 Å². The van der Waals surface area contributed by atoms with E-state index < -0.39 is 0 Å². The van der Waals surface area contributed by atoms with E-state index in [-0.39, 0.29) is 0 Å². The van der Waals surface area contributed by atoms with Gasteiger partial charge in [0.2, 0.25) is 0 Å². The summed E-state index contributed by atoms with van der Waals surface area (Å²) in [6.45, 7) is 0. The van der Waals surface area contributed by atoms with E-state index in [0.29, 0.717) is 0 Å². The molecular weight excluding hydrogens is 188 g/mol. The van der Waals surface area contributed by atoms with Crippen molar-refractivity contribution in [2.75, 3.05) is 22.8 Å². The lowest BCUT2D eigenvalue weighted by molar-refractivity contribution is 1.13. The first-order valence-electron chi connectivity index (χ1n) is 2.75. The maximum atomic E-state index is 4.04. The highest BCUT2D eigenvalue weighted by atomic mass is 33.1. The van der Waals surface area contributed by atoms with Gasteiger partial charge in [-0.15, -0.1) is 11.7 Å². The largest absolute Gasteiger partial charge is 0.165 e. The lowest BCUT2D eigenvalue weighted by Crippen LogP contribution is -1.81. The van der Waals surface area contributed by atoms with E-state index in [9.17, 15) is 0 Å². The predicted molar refractivity (Wildman–Crippen MR) is 56.9 cm³/mol. The highest BCUT2D eigenvalue weighted by Crippen LogP contribution is 2.15. The Kier molecular flexibility index (Phi) is 10.9. The SMILES string of the molecule is CSCCCSCSS. The van der Waals surface area contributed by atoms with Crippen LogP contribution >= 0.6 is 46.0 Å². The Balaban J connectivity index is 2.60. The van der Waals surface area contributed by atoms with Crippen molar-refractivity contribution >= 4 is 46.0 Å². The van der Waals surface area contributed by atoms with Gasteiger partial charge in [0.1, 0.15) is 0 Å². The zero-order valence-corrected chi connectivity index (χ0v) is 8.84. The molecule has 0 aliphatic carbocycles. The Morgan fingerprint density at radius 1 is 1.33 bits per heavy atom. The van der Waals surface area contributed by atoms with Crippen LogP contribution in [0.25, 0.3) is 0 Å². The summed E-state index contributed by atoms with van der Waals surface area (Å²) < 4.78 is 0. The molecule has 0 radical (unpaired) electrons. The lowest BCUT2D eigenvalue weighted by Gasteiger charge is -1.95. The minimum absolute atomic E-state index is 1.12. The van der Waals surface area contributed by atoms with Gasteiger partial charge in [-0.3, -0.25) is 0 Å². The molecule has 56 valence electrons. The van der Waals surface area contributed by atoms with Crippen LogP contribution in [-0.4, -0.2) is 22.8 Å². The first-order chi connectivity index (χ1) is 4.41. The van der Waals surface area contributed by atoms with Crippen molar-refractivity contribution < 1.29 is 0 Å². The molecule has 9 heavy (non-hydrogen) atoms. The molecule has 4 heteroatoms. The van der Waals surface area contributed by atoms with Gasteiger partial charge in [-0.25, -0.2) is 0 Å². The maximum absolute atomic E-state index is 4.04. The Bertz CT molecular complexity index is 42.2. The molecule has 0 aliphatic heterocycles. The monoisotopic (exact) mass is 200 g/mol. The molecule has 0 aromatic rings. The van der Waals surface area contributed by atoms with E-state index >= 15 is 0 Å². The molecule has 0 bridgehead atoms. The minimum atomic E-state index is 1.12. The van der Waals surface area contributed by atoms with Gasteiger partial charge in [0.15, 0.2) is 0 Å². The fraction of sp³-hybridized carbons (Fsp3) is 1.00. The highest BCUT2D eigenvalue weighted by Gasteiger charge is 1.86. The van der Waals surface area contributed by atoms with Gasteiger partial charge in [0, 0.05) is 5.08 Å². The molecule has 0 saturated heterocycles. The highest BCUT2D eigenvalue weighted by molar-refractivity contribution is 8.70. The van der Waals surface area contributed by atoms with Gasteiger partial charge < -0.3 is 0 Å². The van der Waals surface area contributed by atoms with Gasteiger partial charge in [0.05, 0.1) is 0 Å². The van der Waals surface area contributed by atoms with Gasteiger partial charge >= 0.3 is 0 Å². The second-order valence-corrected chi connectivity index (χ2v) is 5.28. The molecule has 0 aromatic heterocycles. The maximum Gasteiger partial charge on any atom is 0.0493 e. The molecule has 0 amide bonds. The third-order valence-corrected chi connectivity index (χ3v) is 4.08. The van der Waals surface area contributed by atoms with E-state index in [1.807, 2.05) is 23.5 Å². The summed E-state index contributed by atoms with van der Waals surface area (Å²) in [7, 11) is 1.61. The van der Waals surface area contributed by atoms with Crippen LogP contribution < -0.4 is 0 Å². The molecule has 0 unspecified atom stereocenters. The molecule has 0 N–H and O–H groups in total. The molecule has 0 heterocycles. The molecule has 0 rings (SSSR count). The van der Waals surface area contributed by atoms with Crippen molar-refractivity contribution in [2.45, 2.75) is 6.42 Å². The van der Waals surface area contributed by atoms with Crippen molar-refractivity contribution in [3.05, 3.63) is 0 Å². The van der Waals surface area contributed by atoms with Crippen molar-refractivity contribution in [2.24, 2.45) is 0 Å². The van der Waals surface area contributed by atoms with Crippen LogP contribution in [0.5, 0.6) is 0 Å². The predicted octanol–water partition coefficient (Wildman–Crippen LogP) is 3.01. The number of rotatable bonds is 6. The van der Waals surface area contributed by atoms with Crippen LogP contribution in [0.15, 0.2) is 0 Å². The second-order valence-electron chi connectivity index (χ2n) is 1.50. The molecule has 0 aromatic carbocycles. The minimum Gasteiger partial charge on any atom is -0.165 e. The average Bonchev–Trinajstić information content (AvgIpc) is 1.89. The zero-order valence-electron chi connectivity index (χ0n) is 5.50. The summed E-state index contributed by atoms with van der Waals surface area (Å²) in [5.41, 5.74) is 0. The molecular formula is C5H12S4. The van der Waals surface area contributed by atoms with E-state index in [1.165, 1.54) is 17.9 Å². The standard InChI is InChI=1S/C5H12S4/c1-7-3-2-4-8-5-9-6/h6H,2-5H2,1H3. The fourth-order valence-electron chi connectivity index (χ4n) is 0.402. The summed E-state index contributed by atoms with van der Waals surface area (Å²) in [6.07, 6.45) is 3.48. The van der Waals surface area contributed by atoms with Gasteiger partial charge in [-0.1, -0.05) is 10.8 Å². The normalized spacial score (nSPS) is 10.0. The van der Waals surface area contributed by atoms with E-state index in [1.54, 1.807) is 10.8 Å². The molecule has 0 atom stereocenters. The van der Waals surface area contributed by atoms with E-state index in [4.69, 9.17) is 0 Å². The zero-order chi connectivity index (χ0) is 6.95. The number of hydrogen-bond acceptors (Lipinski definition) is 4. The summed E-state index contributed by atoms with van der Waals surface area (Å²) in [5.74, 6) is 2.58. The van der Waals surface area contributed by atoms with Crippen LogP contribution in [0, 0.1) is 0 Å². The lowest BCUT2D eigenvalue weighted by atomic mass is 10.6. The van der Waals surface area contributed by atoms with Crippen molar-refractivity contribution in [1.82, 2.24) is 0 Å². The third-order valence-electron chi connectivity index (χ3n) is 0.773. The van der Waals surface area contributed by atoms with E-state index in [0.717, 1.165) is 5.08 Å². The molecule has 0 fully saturated rings. The van der Waals surface area contributed by atoms with E-state index in [2.05, 4.69) is 17.9 Å². The van der Waals surface area contributed by atoms with Gasteiger partial charge in [-0.05, 0) is 24.2 Å². The topological polar surface area (TPSA) is 0 Å². The fourth-order valence-corrected chi connectivity index (χ4v) is 2.81. The quantitative estimate of drug-likeness (QED) is 0.303. The van der Waals surface area contributed by atoms with Crippen LogP contribution in [0.1, 0.15) is 6.42 Å². The Labute approximate surface area is 75.1 Å². The Morgan fingerprint density at radius 3 is 2.67 bits per heavy atom. The van der Waals surface area contributed by atoms with Crippen molar-refractivity contribution in [3.8, 4) is 0 Å².